The maximum Gasteiger partial charge on any atom is 0.330 e. The van der Waals surface area contributed by atoms with Crippen LogP contribution in [-0.4, -0.2) is 60.6 Å². The molecule has 1 rings (SSSR count). The van der Waals surface area contributed by atoms with Crippen molar-refractivity contribution in [3.05, 3.63) is 11.6 Å². The highest BCUT2D eigenvalue weighted by Crippen LogP contribution is 2.13. The van der Waals surface area contributed by atoms with Gasteiger partial charge in [0.1, 0.15) is 0 Å². The third kappa shape index (κ3) is 3.94. The fourth-order valence-corrected chi connectivity index (χ4v) is 1.95. The topological polar surface area (TPSA) is 43.8 Å². The van der Waals surface area contributed by atoms with Crippen LogP contribution in [0.2, 0.25) is 0 Å². The highest BCUT2D eigenvalue weighted by Gasteiger charge is 2.19. The Labute approximate surface area is 97.5 Å². The Kier molecular flexibility index (Phi) is 4.96. The summed E-state index contributed by atoms with van der Waals surface area (Å²) in [5.41, 5.74) is 0.430. The molecule has 1 fully saturated rings. The van der Waals surface area contributed by atoms with Gasteiger partial charge in [0.15, 0.2) is 0 Å². The summed E-state index contributed by atoms with van der Waals surface area (Å²) >= 11 is 0. The second-order valence-electron chi connectivity index (χ2n) is 4.67. The van der Waals surface area contributed by atoms with Crippen molar-refractivity contribution in [2.45, 2.75) is 25.8 Å². The number of likely N-dealkylation sites (tertiary alicyclic amines) is 1. The summed E-state index contributed by atoms with van der Waals surface area (Å²) in [5, 5.41) is 8.75. The Balaban J connectivity index is 2.38. The van der Waals surface area contributed by atoms with Gasteiger partial charge in [-0.2, -0.15) is 0 Å². The van der Waals surface area contributed by atoms with Gasteiger partial charge in [0, 0.05) is 18.2 Å². The van der Waals surface area contributed by atoms with E-state index in [-0.39, 0.29) is 0 Å². The van der Waals surface area contributed by atoms with E-state index >= 15 is 0 Å². The molecule has 0 aromatic rings. The Morgan fingerprint density at radius 3 is 2.56 bits per heavy atom. The number of aliphatic carboxylic acids is 1. The molecule has 0 atom stereocenters. The average Bonchev–Trinajstić information content (AvgIpc) is 2.26. The van der Waals surface area contributed by atoms with Crippen molar-refractivity contribution in [3.8, 4) is 0 Å². The largest absolute Gasteiger partial charge is 0.478 e. The van der Waals surface area contributed by atoms with Crippen molar-refractivity contribution in [3.63, 3.8) is 0 Å². The van der Waals surface area contributed by atoms with Crippen molar-refractivity contribution in [1.29, 1.82) is 0 Å². The normalized spacial score (nSPS) is 20.4. The fraction of sp³-hybridized carbons (Fsp3) is 0.750. The van der Waals surface area contributed by atoms with E-state index in [1.807, 2.05) is 0 Å². The van der Waals surface area contributed by atoms with E-state index in [4.69, 9.17) is 5.11 Å². The first kappa shape index (κ1) is 13.2. The zero-order valence-corrected chi connectivity index (χ0v) is 10.4. The summed E-state index contributed by atoms with van der Waals surface area (Å²) in [6, 6.07) is 0.592. The molecule has 0 unspecified atom stereocenters. The van der Waals surface area contributed by atoms with E-state index < -0.39 is 5.97 Å². The van der Waals surface area contributed by atoms with E-state index in [2.05, 4.69) is 23.9 Å². The maximum absolute atomic E-state index is 10.6. The first-order chi connectivity index (χ1) is 7.50. The minimum Gasteiger partial charge on any atom is -0.478 e. The van der Waals surface area contributed by atoms with Gasteiger partial charge in [-0.3, -0.25) is 4.90 Å². The smallest absolute Gasteiger partial charge is 0.330 e. The molecular formula is C12H22N2O2. The number of hydrogen-bond donors (Lipinski definition) is 1. The number of carbonyl (C=O) groups is 1. The number of likely N-dealkylation sites (N-methyl/N-ethyl adjacent to an activating group) is 1. The standard InChI is InChI=1S/C12H22N2O2/c1-10(12(15)16)4-9-14(3)11-5-7-13(2)8-6-11/h4,11H,5-9H2,1-3H3,(H,15,16). The van der Waals surface area contributed by atoms with Crippen LogP contribution >= 0.6 is 0 Å². The number of carboxylic acids is 1. The monoisotopic (exact) mass is 226 g/mol. The number of rotatable bonds is 4. The van der Waals surface area contributed by atoms with E-state index in [1.54, 1.807) is 13.0 Å². The van der Waals surface area contributed by atoms with Crippen LogP contribution in [0.4, 0.5) is 0 Å². The number of piperidine rings is 1. The Bertz CT molecular complexity index is 268. The maximum atomic E-state index is 10.6. The summed E-state index contributed by atoms with van der Waals surface area (Å²) in [5.74, 6) is -0.822. The first-order valence-electron chi connectivity index (χ1n) is 5.79. The van der Waals surface area contributed by atoms with Gasteiger partial charge in [-0.25, -0.2) is 4.79 Å². The molecule has 92 valence electrons. The van der Waals surface area contributed by atoms with Gasteiger partial charge in [-0.1, -0.05) is 6.08 Å². The predicted molar refractivity (Wildman–Crippen MR) is 64.5 cm³/mol. The van der Waals surface area contributed by atoms with Crippen molar-refractivity contribution >= 4 is 5.97 Å². The predicted octanol–water partition coefficient (Wildman–Crippen LogP) is 1.04. The first-order valence-corrected chi connectivity index (χ1v) is 5.79. The minimum atomic E-state index is -0.822. The number of nitrogens with zero attached hydrogens (tertiary/aromatic N) is 2. The van der Waals surface area contributed by atoms with E-state index in [0.717, 1.165) is 19.6 Å². The van der Waals surface area contributed by atoms with Gasteiger partial charge < -0.3 is 10.0 Å². The summed E-state index contributed by atoms with van der Waals surface area (Å²) in [6.45, 7) is 4.64. The van der Waals surface area contributed by atoms with Crippen LogP contribution in [0, 0.1) is 0 Å². The summed E-state index contributed by atoms with van der Waals surface area (Å²) in [7, 11) is 4.21. The lowest BCUT2D eigenvalue weighted by Crippen LogP contribution is -2.41. The molecule has 0 aromatic carbocycles. The van der Waals surface area contributed by atoms with Gasteiger partial charge in [0.2, 0.25) is 0 Å². The van der Waals surface area contributed by atoms with Crippen LogP contribution in [0.3, 0.4) is 0 Å². The second-order valence-corrected chi connectivity index (χ2v) is 4.67. The molecule has 0 saturated carbocycles. The second kappa shape index (κ2) is 6.01. The Morgan fingerprint density at radius 1 is 1.50 bits per heavy atom. The molecular weight excluding hydrogens is 204 g/mol. The zero-order chi connectivity index (χ0) is 12.1. The lowest BCUT2D eigenvalue weighted by Gasteiger charge is -2.34. The van der Waals surface area contributed by atoms with Gasteiger partial charge in [-0.05, 0) is 47.0 Å². The molecule has 1 aliphatic heterocycles. The lowest BCUT2D eigenvalue weighted by atomic mass is 10.0. The van der Waals surface area contributed by atoms with Gasteiger partial charge in [0.25, 0.3) is 0 Å². The van der Waals surface area contributed by atoms with Gasteiger partial charge in [-0.15, -0.1) is 0 Å². The van der Waals surface area contributed by atoms with Crippen LogP contribution in [-0.2, 0) is 4.79 Å². The molecule has 4 heteroatoms. The molecule has 0 bridgehead atoms. The minimum absolute atomic E-state index is 0.430. The Hall–Kier alpha value is -0.870. The molecule has 0 radical (unpaired) electrons. The quantitative estimate of drug-likeness (QED) is 0.728. The SMILES string of the molecule is CC(=CCN(C)C1CCN(C)CC1)C(=O)O. The van der Waals surface area contributed by atoms with Gasteiger partial charge >= 0.3 is 5.97 Å². The third-order valence-electron chi connectivity index (χ3n) is 3.33. The fourth-order valence-electron chi connectivity index (χ4n) is 1.95. The van der Waals surface area contributed by atoms with Crippen molar-refractivity contribution in [1.82, 2.24) is 9.80 Å². The molecule has 4 nitrogen and oxygen atoms in total. The molecule has 1 heterocycles. The average molecular weight is 226 g/mol. The van der Waals surface area contributed by atoms with E-state index in [1.165, 1.54) is 12.8 Å². The third-order valence-corrected chi connectivity index (χ3v) is 3.33. The highest BCUT2D eigenvalue weighted by atomic mass is 16.4. The van der Waals surface area contributed by atoms with Crippen LogP contribution in [0.15, 0.2) is 11.6 Å². The molecule has 1 N–H and O–H groups in total. The lowest BCUT2D eigenvalue weighted by molar-refractivity contribution is -0.132. The molecule has 0 aliphatic carbocycles. The molecule has 0 aromatic heterocycles. The number of carboxylic acid groups (broad SMARTS) is 1. The van der Waals surface area contributed by atoms with Crippen LogP contribution in [0.5, 0.6) is 0 Å². The van der Waals surface area contributed by atoms with E-state index in [0.29, 0.717) is 11.6 Å². The zero-order valence-electron chi connectivity index (χ0n) is 10.4. The van der Waals surface area contributed by atoms with Crippen molar-refractivity contribution in [2.75, 3.05) is 33.7 Å². The molecule has 0 amide bonds. The van der Waals surface area contributed by atoms with E-state index in [9.17, 15) is 4.79 Å². The highest BCUT2D eigenvalue weighted by molar-refractivity contribution is 5.85. The van der Waals surface area contributed by atoms with Gasteiger partial charge in [0.05, 0.1) is 0 Å². The molecule has 16 heavy (non-hydrogen) atoms. The number of hydrogen-bond acceptors (Lipinski definition) is 3. The summed E-state index contributed by atoms with van der Waals surface area (Å²) in [6.07, 6.45) is 4.14. The van der Waals surface area contributed by atoms with Crippen LogP contribution in [0.1, 0.15) is 19.8 Å². The van der Waals surface area contributed by atoms with Crippen molar-refractivity contribution in [2.24, 2.45) is 0 Å². The van der Waals surface area contributed by atoms with Crippen LogP contribution in [0.25, 0.3) is 0 Å². The summed E-state index contributed by atoms with van der Waals surface area (Å²) in [4.78, 5) is 15.2. The molecule has 0 spiro atoms. The Morgan fingerprint density at radius 2 is 2.06 bits per heavy atom. The van der Waals surface area contributed by atoms with Crippen LogP contribution < -0.4 is 0 Å². The summed E-state index contributed by atoms with van der Waals surface area (Å²) < 4.78 is 0. The molecule has 1 saturated heterocycles. The van der Waals surface area contributed by atoms with Crippen molar-refractivity contribution < 1.29 is 9.90 Å². The molecule has 1 aliphatic rings.